The molecular weight excluding hydrogens is 334 g/mol. The molecule has 5 nitrogen and oxygen atoms in total. The van der Waals surface area contributed by atoms with Gasteiger partial charge in [-0.25, -0.2) is 13.8 Å². The molecule has 4 rings (SSSR count). The van der Waals surface area contributed by atoms with E-state index in [9.17, 15) is 13.6 Å². The number of rotatable bonds is 3. The van der Waals surface area contributed by atoms with Gasteiger partial charge in [-0.15, -0.1) is 11.3 Å². The minimum absolute atomic E-state index is 0.221. The standard InChI is InChI=1S/C16H18F2N4OS/c1-20-10-19-13-7-21(5-11-3-2-4-24-11)6-12(14(13)20)15(23)22-8-16(17,18)9-22/h2-4,10,12H,5-9H2,1H3/t12-/m0/s1. The molecule has 4 heterocycles. The fourth-order valence-electron chi connectivity index (χ4n) is 3.50. The topological polar surface area (TPSA) is 41.4 Å². The Morgan fingerprint density at radius 2 is 2.25 bits per heavy atom. The maximum atomic E-state index is 13.1. The Hall–Kier alpha value is -1.80. The Morgan fingerprint density at radius 1 is 1.46 bits per heavy atom. The maximum Gasteiger partial charge on any atom is 0.282 e. The minimum Gasteiger partial charge on any atom is -0.337 e. The second-order valence-corrected chi connectivity index (χ2v) is 7.57. The number of fused-ring (bicyclic) bond motifs is 1. The summed E-state index contributed by atoms with van der Waals surface area (Å²) in [5, 5.41) is 2.02. The molecule has 24 heavy (non-hydrogen) atoms. The van der Waals surface area contributed by atoms with Crippen molar-refractivity contribution in [3.63, 3.8) is 0 Å². The first kappa shape index (κ1) is 15.7. The van der Waals surface area contributed by atoms with E-state index >= 15 is 0 Å². The van der Waals surface area contributed by atoms with Gasteiger partial charge in [0.05, 0.1) is 36.7 Å². The smallest absolute Gasteiger partial charge is 0.282 e. The number of thiophene rings is 1. The monoisotopic (exact) mass is 352 g/mol. The van der Waals surface area contributed by atoms with Crippen molar-refractivity contribution in [1.82, 2.24) is 19.4 Å². The highest BCUT2D eigenvalue weighted by atomic mass is 32.1. The molecule has 2 aromatic rings. The molecule has 1 saturated heterocycles. The van der Waals surface area contributed by atoms with Crippen molar-refractivity contribution in [3.05, 3.63) is 40.1 Å². The van der Waals surface area contributed by atoms with Gasteiger partial charge in [0.1, 0.15) is 0 Å². The SMILES string of the molecule is Cn1cnc2c1[C@@H](C(=O)N1CC(F)(F)C1)CN(Cc1cccs1)C2. The number of nitrogens with zero attached hydrogens (tertiary/aromatic N) is 4. The third-order valence-electron chi connectivity index (χ3n) is 4.62. The van der Waals surface area contributed by atoms with Crippen LogP contribution in [0.3, 0.4) is 0 Å². The molecule has 0 N–H and O–H groups in total. The number of alkyl halides is 2. The Morgan fingerprint density at radius 3 is 2.92 bits per heavy atom. The van der Waals surface area contributed by atoms with E-state index in [-0.39, 0.29) is 5.91 Å². The number of hydrogen-bond donors (Lipinski definition) is 0. The van der Waals surface area contributed by atoms with Crippen molar-refractivity contribution in [2.24, 2.45) is 7.05 Å². The number of carbonyl (C=O) groups is 1. The minimum atomic E-state index is -2.74. The van der Waals surface area contributed by atoms with Gasteiger partial charge < -0.3 is 9.47 Å². The van der Waals surface area contributed by atoms with Crippen LogP contribution in [0.2, 0.25) is 0 Å². The molecule has 0 bridgehead atoms. The first-order valence-electron chi connectivity index (χ1n) is 7.84. The summed E-state index contributed by atoms with van der Waals surface area (Å²) in [7, 11) is 1.85. The van der Waals surface area contributed by atoms with Crippen molar-refractivity contribution < 1.29 is 13.6 Å². The number of amides is 1. The van der Waals surface area contributed by atoms with Crippen LogP contribution in [-0.2, 0) is 24.9 Å². The predicted octanol–water partition coefficient (Wildman–Crippen LogP) is 2.06. The van der Waals surface area contributed by atoms with Crippen LogP contribution in [0.25, 0.3) is 0 Å². The summed E-state index contributed by atoms with van der Waals surface area (Å²) in [6, 6.07) is 4.06. The lowest BCUT2D eigenvalue weighted by Crippen LogP contribution is -2.60. The highest BCUT2D eigenvalue weighted by Crippen LogP contribution is 2.34. The molecule has 2 aromatic heterocycles. The molecule has 0 unspecified atom stereocenters. The molecule has 0 saturated carbocycles. The van der Waals surface area contributed by atoms with Crippen LogP contribution in [0.1, 0.15) is 22.2 Å². The van der Waals surface area contributed by atoms with Gasteiger partial charge >= 0.3 is 0 Å². The van der Waals surface area contributed by atoms with Crippen LogP contribution in [0, 0.1) is 0 Å². The van der Waals surface area contributed by atoms with E-state index in [1.54, 1.807) is 17.7 Å². The zero-order valence-corrected chi connectivity index (χ0v) is 14.1. The molecule has 0 aromatic carbocycles. The van der Waals surface area contributed by atoms with E-state index in [1.807, 2.05) is 23.1 Å². The molecular formula is C16H18F2N4OS. The highest BCUT2D eigenvalue weighted by molar-refractivity contribution is 7.09. The number of halogens is 2. The zero-order chi connectivity index (χ0) is 16.9. The Labute approximate surface area is 142 Å². The van der Waals surface area contributed by atoms with E-state index in [1.165, 1.54) is 9.78 Å². The molecule has 1 atom stereocenters. The molecule has 128 valence electrons. The predicted molar refractivity (Wildman–Crippen MR) is 85.9 cm³/mol. The fourth-order valence-corrected chi connectivity index (χ4v) is 4.25. The fraction of sp³-hybridized carbons (Fsp3) is 0.500. The maximum absolute atomic E-state index is 13.1. The Balaban J connectivity index is 1.57. The van der Waals surface area contributed by atoms with Crippen molar-refractivity contribution in [2.45, 2.75) is 24.9 Å². The summed E-state index contributed by atoms with van der Waals surface area (Å²) in [5.74, 6) is -3.39. The third kappa shape index (κ3) is 2.73. The second kappa shape index (κ2) is 5.63. The third-order valence-corrected chi connectivity index (χ3v) is 5.48. The molecule has 1 amide bonds. The largest absolute Gasteiger partial charge is 0.337 e. The summed E-state index contributed by atoms with van der Waals surface area (Å²) in [6.45, 7) is 1.01. The number of aryl methyl sites for hydroxylation is 1. The van der Waals surface area contributed by atoms with Gasteiger partial charge in [0.25, 0.3) is 5.92 Å². The van der Waals surface area contributed by atoms with Gasteiger partial charge in [-0.1, -0.05) is 6.07 Å². The van der Waals surface area contributed by atoms with Crippen molar-refractivity contribution >= 4 is 17.2 Å². The molecule has 2 aliphatic rings. The lowest BCUT2D eigenvalue weighted by atomic mass is 9.94. The molecule has 8 heteroatoms. The van der Waals surface area contributed by atoms with E-state index in [2.05, 4.69) is 16.0 Å². The quantitative estimate of drug-likeness (QED) is 0.849. The van der Waals surface area contributed by atoms with Gasteiger partial charge in [-0.2, -0.15) is 0 Å². The van der Waals surface area contributed by atoms with E-state index in [0.717, 1.165) is 17.9 Å². The first-order chi connectivity index (χ1) is 11.4. The summed E-state index contributed by atoms with van der Waals surface area (Å²) in [4.78, 5) is 21.8. The van der Waals surface area contributed by atoms with Gasteiger partial charge in [0, 0.05) is 31.6 Å². The van der Waals surface area contributed by atoms with Gasteiger partial charge in [-0.3, -0.25) is 9.69 Å². The van der Waals surface area contributed by atoms with E-state index in [4.69, 9.17) is 0 Å². The second-order valence-electron chi connectivity index (χ2n) is 6.54. The van der Waals surface area contributed by atoms with Crippen LogP contribution in [0.15, 0.2) is 23.8 Å². The van der Waals surface area contributed by atoms with Gasteiger partial charge in [-0.05, 0) is 11.4 Å². The van der Waals surface area contributed by atoms with Gasteiger partial charge in [0.2, 0.25) is 5.91 Å². The average Bonchev–Trinajstić information content (AvgIpc) is 3.14. The van der Waals surface area contributed by atoms with E-state index in [0.29, 0.717) is 13.1 Å². The highest BCUT2D eigenvalue weighted by Gasteiger charge is 2.49. The van der Waals surface area contributed by atoms with Crippen molar-refractivity contribution in [1.29, 1.82) is 0 Å². The molecule has 2 aliphatic heterocycles. The zero-order valence-electron chi connectivity index (χ0n) is 13.3. The van der Waals surface area contributed by atoms with Crippen LogP contribution >= 0.6 is 11.3 Å². The molecule has 1 fully saturated rings. The molecule has 0 spiro atoms. The van der Waals surface area contributed by atoms with Crippen LogP contribution in [0.4, 0.5) is 8.78 Å². The van der Waals surface area contributed by atoms with Gasteiger partial charge in [0.15, 0.2) is 0 Å². The lowest BCUT2D eigenvalue weighted by molar-refractivity contribution is -0.168. The van der Waals surface area contributed by atoms with E-state index < -0.39 is 24.9 Å². The summed E-state index contributed by atoms with van der Waals surface area (Å²) in [5.41, 5.74) is 1.73. The number of likely N-dealkylation sites (tertiary alicyclic amines) is 1. The number of carbonyl (C=O) groups excluding carboxylic acids is 1. The number of aromatic nitrogens is 2. The Bertz CT molecular complexity index is 750. The summed E-state index contributed by atoms with van der Waals surface area (Å²) < 4.78 is 28.1. The van der Waals surface area contributed by atoms with Crippen LogP contribution in [-0.4, -0.2) is 50.8 Å². The summed E-state index contributed by atoms with van der Waals surface area (Å²) >= 11 is 1.67. The molecule has 0 radical (unpaired) electrons. The first-order valence-corrected chi connectivity index (χ1v) is 8.72. The number of imidazole rings is 1. The average molecular weight is 352 g/mol. The van der Waals surface area contributed by atoms with Crippen LogP contribution < -0.4 is 0 Å². The number of hydrogen-bond acceptors (Lipinski definition) is 4. The molecule has 0 aliphatic carbocycles. The lowest BCUT2D eigenvalue weighted by Gasteiger charge is -2.42. The van der Waals surface area contributed by atoms with Crippen molar-refractivity contribution in [2.75, 3.05) is 19.6 Å². The normalized spacial score (nSPS) is 23.0. The Kier molecular flexibility index (Phi) is 3.69. The van der Waals surface area contributed by atoms with Crippen molar-refractivity contribution in [3.8, 4) is 0 Å². The summed E-state index contributed by atoms with van der Waals surface area (Å²) in [6.07, 6.45) is 1.70. The van der Waals surface area contributed by atoms with Crippen LogP contribution in [0.5, 0.6) is 0 Å².